The van der Waals surface area contributed by atoms with Crippen LogP contribution in [-0.4, -0.2) is 47.8 Å². The van der Waals surface area contributed by atoms with Gasteiger partial charge >= 0.3 is 0 Å². The minimum Gasteiger partial charge on any atom is -0.486 e. The molecule has 0 spiro atoms. The van der Waals surface area contributed by atoms with Gasteiger partial charge in [-0.25, -0.2) is 4.98 Å². The van der Waals surface area contributed by atoms with E-state index in [1.165, 1.54) is 11.3 Å². The molecule has 0 N–H and O–H groups in total. The number of halogens is 1. The van der Waals surface area contributed by atoms with E-state index in [-0.39, 0.29) is 11.7 Å². The van der Waals surface area contributed by atoms with Gasteiger partial charge in [-0.3, -0.25) is 9.36 Å². The van der Waals surface area contributed by atoms with E-state index in [1.807, 2.05) is 62.6 Å². The molecule has 8 heteroatoms. The third-order valence-corrected chi connectivity index (χ3v) is 6.47. The molecule has 1 aliphatic rings. The highest BCUT2D eigenvalue weighted by Gasteiger charge is 2.22. The Hall–Kier alpha value is -2.87. The summed E-state index contributed by atoms with van der Waals surface area (Å²) in [4.78, 5) is 20.8. The van der Waals surface area contributed by atoms with Crippen molar-refractivity contribution in [3.63, 3.8) is 0 Å². The first-order valence-electron chi connectivity index (χ1n) is 9.84. The normalized spacial score (nSPS) is 15.5. The van der Waals surface area contributed by atoms with Crippen LogP contribution in [0.3, 0.4) is 0 Å². The molecule has 158 valence electrons. The second kappa shape index (κ2) is 8.00. The molecular formula is C23H20ClN3O3S. The molecular weight excluding hydrogens is 434 g/mol. The van der Waals surface area contributed by atoms with Gasteiger partial charge in [-0.05, 0) is 50.0 Å². The number of fused-ring (bicyclic) bond motifs is 2. The lowest BCUT2D eigenvalue weighted by atomic mass is 10.2. The maximum absolute atomic E-state index is 13.2. The Morgan fingerprint density at radius 1 is 1.16 bits per heavy atom. The van der Waals surface area contributed by atoms with Crippen LogP contribution in [0, 0.1) is 0 Å². The lowest BCUT2D eigenvalue weighted by Crippen LogP contribution is -2.38. The van der Waals surface area contributed by atoms with Crippen LogP contribution in [0.15, 0.2) is 59.7 Å². The van der Waals surface area contributed by atoms with Crippen LogP contribution in [0.1, 0.15) is 0 Å². The molecule has 2 aromatic carbocycles. The van der Waals surface area contributed by atoms with Gasteiger partial charge in [0.15, 0.2) is 11.5 Å². The fraction of sp³-hybridized carbons (Fsp3) is 0.217. The van der Waals surface area contributed by atoms with Crippen molar-refractivity contribution in [2.45, 2.75) is 6.10 Å². The first-order chi connectivity index (χ1) is 15.0. The lowest BCUT2D eigenvalue weighted by molar-refractivity contribution is 0.0710. The van der Waals surface area contributed by atoms with E-state index < -0.39 is 0 Å². The molecule has 0 bridgehead atoms. The van der Waals surface area contributed by atoms with E-state index in [0.717, 1.165) is 17.0 Å². The standard InChI is InChI=1S/C23H20ClN3O3S/c1-26(2)11-17-12-29-20-9-16(7-8-19(20)30-17)27-13-25-18-10-21(31-22(18)23(27)28)14-3-5-15(24)6-4-14/h3-10,13,17H,11-12H2,1-2H3/t17-/m0/s1. The maximum Gasteiger partial charge on any atom is 0.275 e. The van der Waals surface area contributed by atoms with Crippen molar-refractivity contribution in [2.24, 2.45) is 0 Å². The molecule has 0 unspecified atom stereocenters. The topological polar surface area (TPSA) is 56.6 Å². The molecule has 3 heterocycles. The Bertz CT molecular complexity index is 1310. The highest BCUT2D eigenvalue weighted by atomic mass is 35.5. The third-order valence-electron chi connectivity index (χ3n) is 5.06. The smallest absolute Gasteiger partial charge is 0.275 e. The highest BCUT2D eigenvalue weighted by molar-refractivity contribution is 7.22. The van der Waals surface area contributed by atoms with Crippen molar-refractivity contribution in [3.05, 3.63) is 70.2 Å². The van der Waals surface area contributed by atoms with Crippen LogP contribution in [0.5, 0.6) is 11.5 Å². The monoisotopic (exact) mass is 453 g/mol. The Balaban J connectivity index is 1.49. The van der Waals surface area contributed by atoms with E-state index in [1.54, 1.807) is 10.9 Å². The number of aromatic nitrogens is 2. The number of rotatable bonds is 4. The Morgan fingerprint density at radius 3 is 2.74 bits per heavy atom. The largest absolute Gasteiger partial charge is 0.486 e. The van der Waals surface area contributed by atoms with Crippen LogP contribution in [0.4, 0.5) is 0 Å². The molecule has 31 heavy (non-hydrogen) atoms. The summed E-state index contributed by atoms with van der Waals surface area (Å²) in [6.45, 7) is 1.24. The summed E-state index contributed by atoms with van der Waals surface area (Å²) in [5, 5.41) is 0.678. The first-order valence-corrected chi connectivity index (χ1v) is 11.0. The van der Waals surface area contributed by atoms with E-state index in [0.29, 0.717) is 39.0 Å². The molecule has 5 rings (SSSR count). The van der Waals surface area contributed by atoms with E-state index in [2.05, 4.69) is 9.88 Å². The van der Waals surface area contributed by atoms with E-state index in [4.69, 9.17) is 21.1 Å². The van der Waals surface area contributed by atoms with E-state index in [9.17, 15) is 4.79 Å². The SMILES string of the molecule is CN(C)C[C@H]1COc2cc(-n3cnc4cc(-c5ccc(Cl)cc5)sc4c3=O)ccc2O1. The van der Waals surface area contributed by atoms with Gasteiger partial charge in [-0.2, -0.15) is 0 Å². The van der Waals surface area contributed by atoms with Gasteiger partial charge in [-0.15, -0.1) is 11.3 Å². The fourth-order valence-electron chi connectivity index (χ4n) is 3.60. The number of thiophene rings is 1. The molecule has 0 amide bonds. The number of hydrogen-bond donors (Lipinski definition) is 0. The summed E-state index contributed by atoms with van der Waals surface area (Å²) in [6, 6.07) is 15.0. The number of likely N-dealkylation sites (N-methyl/N-ethyl adjacent to an activating group) is 1. The highest BCUT2D eigenvalue weighted by Crippen LogP contribution is 2.34. The average Bonchev–Trinajstić information content (AvgIpc) is 3.19. The summed E-state index contributed by atoms with van der Waals surface area (Å²) in [7, 11) is 4.00. The molecule has 0 saturated carbocycles. The zero-order valence-corrected chi connectivity index (χ0v) is 18.6. The van der Waals surface area contributed by atoms with Crippen molar-refractivity contribution in [2.75, 3.05) is 27.2 Å². The number of hydrogen-bond acceptors (Lipinski definition) is 6. The summed E-state index contributed by atoms with van der Waals surface area (Å²) in [5.74, 6) is 1.32. The van der Waals surface area contributed by atoms with Crippen molar-refractivity contribution >= 4 is 33.2 Å². The maximum atomic E-state index is 13.2. The van der Waals surface area contributed by atoms with Gasteiger partial charge in [0.1, 0.15) is 23.7 Å². The average molecular weight is 454 g/mol. The van der Waals surface area contributed by atoms with Gasteiger partial charge in [0.2, 0.25) is 0 Å². The van der Waals surface area contributed by atoms with Crippen LogP contribution in [0.2, 0.25) is 5.02 Å². The quantitative estimate of drug-likeness (QED) is 0.456. The van der Waals surface area contributed by atoms with Crippen molar-refractivity contribution in [3.8, 4) is 27.6 Å². The summed E-state index contributed by atoms with van der Waals surface area (Å²) in [6.07, 6.45) is 1.54. The van der Waals surface area contributed by atoms with Crippen LogP contribution >= 0.6 is 22.9 Å². The molecule has 1 atom stereocenters. The molecule has 4 aromatic rings. The van der Waals surface area contributed by atoms with Gasteiger partial charge in [0.25, 0.3) is 5.56 Å². The zero-order chi connectivity index (χ0) is 21.5. The molecule has 0 saturated heterocycles. The second-order valence-corrected chi connectivity index (χ2v) is 9.18. The minimum absolute atomic E-state index is 0.0218. The first kappa shape index (κ1) is 20.1. The predicted molar refractivity (Wildman–Crippen MR) is 124 cm³/mol. The molecule has 2 aromatic heterocycles. The zero-order valence-electron chi connectivity index (χ0n) is 17.0. The van der Waals surface area contributed by atoms with Gasteiger partial charge in [-0.1, -0.05) is 23.7 Å². The van der Waals surface area contributed by atoms with Crippen molar-refractivity contribution in [1.29, 1.82) is 0 Å². The lowest BCUT2D eigenvalue weighted by Gasteiger charge is -2.28. The molecule has 6 nitrogen and oxygen atoms in total. The third kappa shape index (κ3) is 3.92. The Labute approximate surface area is 188 Å². The Kier molecular flexibility index (Phi) is 5.17. The fourth-order valence-corrected chi connectivity index (χ4v) is 4.78. The van der Waals surface area contributed by atoms with Gasteiger partial charge in [0.05, 0.1) is 11.2 Å². The molecule has 0 radical (unpaired) electrons. The van der Waals surface area contributed by atoms with Crippen molar-refractivity contribution in [1.82, 2.24) is 14.5 Å². The van der Waals surface area contributed by atoms with Gasteiger partial charge in [0, 0.05) is 22.5 Å². The van der Waals surface area contributed by atoms with Crippen LogP contribution in [0.25, 0.3) is 26.3 Å². The molecule has 1 aliphatic heterocycles. The van der Waals surface area contributed by atoms with Crippen molar-refractivity contribution < 1.29 is 9.47 Å². The second-order valence-electron chi connectivity index (χ2n) is 7.70. The number of ether oxygens (including phenoxy) is 2. The van der Waals surface area contributed by atoms with Crippen LogP contribution < -0.4 is 15.0 Å². The van der Waals surface area contributed by atoms with Crippen LogP contribution in [-0.2, 0) is 0 Å². The predicted octanol–water partition coefficient (Wildman–Crippen LogP) is 4.47. The summed E-state index contributed by atoms with van der Waals surface area (Å²) < 4.78 is 14.1. The summed E-state index contributed by atoms with van der Waals surface area (Å²) in [5.41, 5.74) is 2.26. The molecule has 0 aliphatic carbocycles. The van der Waals surface area contributed by atoms with Gasteiger partial charge < -0.3 is 14.4 Å². The Morgan fingerprint density at radius 2 is 1.97 bits per heavy atom. The number of benzene rings is 2. The molecule has 0 fully saturated rings. The minimum atomic E-state index is -0.114. The van der Waals surface area contributed by atoms with E-state index >= 15 is 0 Å². The summed E-state index contributed by atoms with van der Waals surface area (Å²) >= 11 is 7.42. The number of nitrogens with zero attached hydrogens (tertiary/aromatic N) is 3.